The van der Waals surface area contributed by atoms with Crippen LogP contribution in [-0.2, 0) is 19.2 Å². The number of nitrogens with zero attached hydrogens (tertiary/aromatic N) is 5. The molecule has 4 aromatic rings. The van der Waals surface area contributed by atoms with E-state index in [4.69, 9.17) is 37.4 Å². The number of ether oxygens (including phenoxy) is 3. The number of rotatable bonds is 17. The van der Waals surface area contributed by atoms with Crippen molar-refractivity contribution < 1.29 is 43.0 Å². The number of halogens is 2. The van der Waals surface area contributed by atoms with Gasteiger partial charge in [0.2, 0.25) is 23.6 Å². The van der Waals surface area contributed by atoms with Crippen LogP contribution in [0.3, 0.4) is 0 Å². The summed E-state index contributed by atoms with van der Waals surface area (Å²) in [6.07, 6.45) is 2.33. The summed E-state index contributed by atoms with van der Waals surface area (Å²) in [5, 5.41) is 22.5. The summed E-state index contributed by atoms with van der Waals surface area (Å²) in [5.74, 6) is -1.40. The van der Waals surface area contributed by atoms with E-state index in [0.717, 1.165) is 11.4 Å². The molecule has 7 rings (SSSR count). The Morgan fingerprint density at radius 3 is 2.44 bits per heavy atom. The molecule has 18 nitrogen and oxygen atoms in total. The lowest BCUT2D eigenvalue weighted by Gasteiger charge is -2.34. The van der Waals surface area contributed by atoms with Crippen LogP contribution in [0.4, 0.5) is 17.1 Å². The molecular formula is C44H45Cl2N9O9. The summed E-state index contributed by atoms with van der Waals surface area (Å²) < 4.78 is 17.2. The number of piperidine rings is 1. The third-order valence-corrected chi connectivity index (χ3v) is 11.8. The Labute approximate surface area is 378 Å². The zero-order valence-electron chi connectivity index (χ0n) is 35.1. The fourth-order valence-electron chi connectivity index (χ4n) is 7.83. The highest BCUT2D eigenvalue weighted by Crippen LogP contribution is 2.41. The second-order valence-electron chi connectivity index (χ2n) is 15.1. The van der Waals surface area contributed by atoms with Crippen LogP contribution >= 0.6 is 23.2 Å². The van der Waals surface area contributed by atoms with E-state index in [2.05, 4.69) is 37.2 Å². The van der Waals surface area contributed by atoms with Gasteiger partial charge in [0, 0.05) is 94.5 Å². The highest BCUT2D eigenvalue weighted by molar-refractivity contribution is 6.37. The Balaban J connectivity index is 0.820. The van der Waals surface area contributed by atoms with Gasteiger partial charge in [-0.3, -0.25) is 48.9 Å². The number of carbonyl (C=O) groups is 6. The Kier molecular flexibility index (Phi) is 14.3. The number of piperazine rings is 1. The van der Waals surface area contributed by atoms with Crippen molar-refractivity contribution in [3.05, 3.63) is 75.4 Å². The Morgan fingerprint density at radius 1 is 0.922 bits per heavy atom. The third-order valence-electron chi connectivity index (χ3n) is 11.2. The van der Waals surface area contributed by atoms with Crippen LogP contribution in [0.25, 0.3) is 10.9 Å². The molecule has 0 saturated carbocycles. The van der Waals surface area contributed by atoms with Crippen LogP contribution in [0.1, 0.15) is 58.4 Å². The van der Waals surface area contributed by atoms with Crippen LogP contribution in [-0.4, -0.2) is 128 Å². The molecule has 334 valence electrons. The van der Waals surface area contributed by atoms with Crippen molar-refractivity contribution >= 4 is 86.6 Å². The molecule has 0 bridgehead atoms. The number of fused-ring (bicyclic) bond motifs is 2. The normalized spacial score (nSPS) is 16.3. The van der Waals surface area contributed by atoms with E-state index >= 15 is 0 Å². The number of pyridine rings is 1. The number of benzene rings is 3. The highest BCUT2D eigenvalue weighted by Gasteiger charge is 2.45. The number of amides is 6. The number of anilines is 3. The molecule has 0 spiro atoms. The maximum atomic E-state index is 13.3. The molecule has 2 saturated heterocycles. The molecule has 1 atom stereocenters. The summed E-state index contributed by atoms with van der Waals surface area (Å²) in [5.41, 5.74) is 2.49. The first kappa shape index (κ1) is 45.3. The minimum absolute atomic E-state index is 0.0159. The smallest absolute Gasteiger partial charge is 0.264 e. The number of hydrogen-bond acceptors (Lipinski definition) is 14. The van der Waals surface area contributed by atoms with E-state index in [9.17, 15) is 34.0 Å². The standard InChI is InChI=1S/C44H45Cl2N9O9/c1-62-34-22-32(28(45)20-29(34)46)51-41-25(23-47)24-50-31-21-36(35(63-2)19-27(31)41)64-18-4-13-53-14-16-54(17-15-53)39(58)10-9-37(56)49-12-11-48-30-6-3-5-26-40(30)44(61)55(43(26)60)33-7-8-38(57)52-42(33)59/h3,5-6,19-22,24,33,48H,4,7-18H2,1-2H3,(H,49,56)(H,50,51)(H,52,57,59). The predicted molar refractivity (Wildman–Crippen MR) is 236 cm³/mol. The van der Waals surface area contributed by atoms with Crippen molar-refractivity contribution in [2.75, 3.05) is 77.3 Å². The van der Waals surface area contributed by atoms with Crippen molar-refractivity contribution in [3.8, 4) is 23.3 Å². The number of nitriles is 1. The molecule has 6 amide bonds. The van der Waals surface area contributed by atoms with Gasteiger partial charge in [0.05, 0.1) is 64.5 Å². The molecule has 3 aromatic carbocycles. The molecule has 3 aliphatic heterocycles. The molecule has 3 aliphatic rings. The van der Waals surface area contributed by atoms with Gasteiger partial charge in [-0.05, 0) is 37.1 Å². The lowest BCUT2D eigenvalue weighted by atomic mass is 10.0. The van der Waals surface area contributed by atoms with Gasteiger partial charge in [-0.2, -0.15) is 5.26 Å². The molecular weight excluding hydrogens is 869 g/mol. The largest absolute Gasteiger partial charge is 0.495 e. The molecule has 1 unspecified atom stereocenters. The second-order valence-corrected chi connectivity index (χ2v) is 16.0. The minimum atomic E-state index is -1.07. The Morgan fingerprint density at radius 2 is 1.70 bits per heavy atom. The van der Waals surface area contributed by atoms with Crippen LogP contribution in [0, 0.1) is 11.3 Å². The third kappa shape index (κ3) is 9.91. The highest BCUT2D eigenvalue weighted by atomic mass is 35.5. The lowest BCUT2D eigenvalue weighted by molar-refractivity contribution is -0.136. The van der Waals surface area contributed by atoms with E-state index in [1.165, 1.54) is 26.5 Å². The topological polar surface area (TPSA) is 225 Å². The molecule has 4 heterocycles. The molecule has 64 heavy (non-hydrogen) atoms. The van der Waals surface area contributed by atoms with Gasteiger partial charge < -0.3 is 35.1 Å². The number of nitrogens with one attached hydrogen (secondary N) is 4. The maximum absolute atomic E-state index is 13.3. The number of hydrogen-bond donors (Lipinski definition) is 4. The van der Waals surface area contributed by atoms with E-state index < -0.39 is 29.7 Å². The molecule has 1 aromatic heterocycles. The van der Waals surface area contributed by atoms with Gasteiger partial charge in [-0.1, -0.05) is 29.3 Å². The van der Waals surface area contributed by atoms with Gasteiger partial charge in [-0.15, -0.1) is 0 Å². The van der Waals surface area contributed by atoms with Gasteiger partial charge in [0.25, 0.3) is 11.8 Å². The average Bonchev–Trinajstić information content (AvgIpc) is 3.55. The van der Waals surface area contributed by atoms with Crippen molar-refractivity contribution in [1.82, 2.24) is 30.3 Å². The van der Waals surface area contributed by atoms with Gasteiger partial charge in [-0.25, -0.2) is 0 Å². The predicted octanol–water partition coefficient (Wildman–Crippen LogP) is 4.50. The van der Waals surface area contributed by atoms with Crippen molar-refractivity contribution in [3.63, 3.8) is 0 Å². The van der Waals surface area contributed by atoms with Crippen LogP contribution < -0.4 is 35.5 Å². The molecule has 0 radical (unpaired) electrons. The lowest BCUT2D eigenvalue weighted by Crippen LogP contribution is -2.54. The number of methoxy groups -OCH3 is 2. The number of carbonyl (C=O) groups excluding carboxylic acids is 6. The minimum Gasteiger partial charge on any atom is -0.495 e. The molecule has 2 fully saturated rings. The fraction of sp³-hybridized carbons (Fsp3) is 0.364. The summed E-state index contributed by atoms with van der Waals surface area (Å²) in [7, 11) is 3.03. The Bertz CT molecular complexity index is 2560. The fourth-order valence-corrected chi connectivity index (χ4v) is 8.33. The number of imide groups is 2. The van der Waals surface area contributed by atoms with Crippen molar-refractivity contribution in [2.24, 2.45) is 0 Å². The van der Waals surface area contributed by atoms with Crippen LogP contribution in [0.15, 0.2) is 48.7 Å². The zero-order chi connectivity index (χ0) is 45.5. The second kappa shape index (κ2) is 20.2. The van der Waals surface area contributed by atoms with Gasteiger partial charge >= 0.3 is 0 Å². The summed E-state index contributed by atoms with van der Waals surface area (Å²) in [6.45, 7) is 3.99. The maximum Gasteiger partial charge on any atom is 0.264 e. The zero-order valence-corrected chi connectivity index (χ0v) is 36.6. The first-order valence-corrected chi connectivity index (χ1v) is 21.3. The summed E-state index contributed by atoms with van der Waals surface area (Å²) in [6, 6.07) is 12.6. The van der Waals surface area contributed by atoms with Crippen molar-refractivity contribution in [1.29, 1.82) is 5.26 Å². The SMILES string of the molecule is COc1cc(Nc2c(C#N)cnc3cc(OCCCN4CCN(C(=O)CCC(=O)NCCNc5cccc6c5C(=O)N(C5CCC(=O)NC5=O)C6=O)CC4)c(OC)cc23)c(Cl)cc1Cl. The van der Waals surface area contributed by atoms with Gasteiger partial charge in [0.1, 0.15) is 17.9 Å². The number of aromatic nitrogens is 1. The van der Waals surface area contributed by atoms with Crippen molar-refractivity contribution in [2.45, 2.75) is 38.1 Å². The quantitative estimate of drug-likeness (QED) is 0.0846. The molecule has 20 heteroatoms. The summed E-state index contributed by atoms with van der Waals surface area (Å²) >= 11 is 12.7. The Hall–Kier alpha value is -6.68. The monoisotopic (exact) mass is 913 g/mol. The van der Waals surface area contributed by atoms with E-state index in [-0.39, 0.29) is 61.7 Å². The molecule has 0 aliphatic carbocycles. The summed E-state index contributed by atoms with van der Waals surface area (Å²) in [4.78, 5) is 85.4. The van der Waals surface area contributed by atoms with Crippen LogP contribution in [0.2, 0.25) is 10.0 Å². The van der Waals surface area contributed by atoms with E-state index in [0.29, 0.717) is 100 Å². The van der Waals surface area contributed by atoms with E-state index in [1.54, 1.807) is 41.3 Å². The first-order chi connectivity index (χ1) is 30.9. The van der Waals surface area contributed by atoms with Crippen LogP contribution in [0.5, 0.6) is 17.2 Å². The molecule has 4 N–H and O–H groups in total. The van der Waals surface area contributed by atoms with Gasteiger partial charge in [0.15, 0.2) is 11.5 Å². The average molecular weight is 915 g/mol. The first-order valence-electron chi connectivity index (χ1n) is 20.6. The van der Waals surface area contributed by atoms with E-state index in [1.807, 2.05) is 0 Å².